The molecule has 0 radical (unpaired) electrons. The van der Waals surface area contributed by atoms with Gasteiger partial charge < -0.3 is 0 Å². The molecule has 0 bridgehead atoms. The number of nitrogens with zero attached hydrogens (tertiary/aromatic N) is 5. The Morgan fingerprint density at radius 2 is 1.61 bits per heavy atom. The van der Waals surface area contributed by atoms with Crippen molar-refractivity contribution >= 4 is 40.3 Å². The van der Waals surface area contributed by atoms with E-state index < -0.39 is 0 Å². The number of carbonyl (C=O) groups excluding carboxylic acids is 2. The van der Waals surface area contributed by atoms with Crippen LogP contribution in [0.3, 0.4) is 0 Å². The molecule has 1 aliphatic rings. The fraction of sp³-hybridized carbons (Fsp3) is 0.136. The summed E-state index contributed by atoms with van der Waals surface area (Å²) < 4.78 is 3.35. The van der Waals surface area contributed by atoms with Crippen LogP contribution in [0.2, 0.25) is 0 Å². The number of imide groups is 1. The van der Waals surface area contributed by atoms with Gasteiger partial charge in [0.05, 0.1) is 22.0 Å². The van der Waals surface area contributed by atoms with E-state index in [1.54, 1.807) is 36.4 Å². The Morgan fingerprint density at radius 1 is 0.935 bits per heavy atom. The van der Waals surface area contributed by atoms with Gasteiger partial charge in [-0.1, -0.05) is 42.1 Å². The van der Waals surface area contributed by atoms with Gasteiger partial charge >= 0.3 is 0 Å². The van der Waals surface area contributed by atoms with Gasteiger partial charge in [-0.2, -0.15) is 0 Å². The minimum Gasteiger partial charge on any atom is -0.273 e. The lowest BCUT2D eigenvalue weighted by molar-refractivity contribution is 0.0664. The molecule has 0 saturated carbocycles. The van der Waals surface area contributed by atoms with Gasteiger partial charge in [-0.05, 0) is 24.3 Å². The van der Waals surface area contributed by atoms with Crippen LogP contribution in [-0.2, 0) is 6.54 Å². The number of rotatable bonds is 6. The summed E-state index contributed by atoms with van der Waals surface area (Å²) in [6.45, 7) is 4.28. The molecule has 2 aromatic carbocycles. The monoisotopic (exact) mass is 431 g/mol. The number of hydrogen-bond acceptors (Lipinski definition) is 6. The van der Waals surface area contributed by atoms with Crippen LogP contribution in [0.4, 0.5) is 0 Å². The second-order valence-electron chi connectivity index (χ2n) is 7.00. The van der Waals surface area contributed by atoms with Gasteiger partial charge in [0.25, 0.3) is 17.4 Å². The molecule has 154 valence electrons. The number of fused-ring (bicyclic) bond motifs is 4. The predicted molar refractivity (Wildman–Crippen MR) is 117 cm³/mol. The van der Waals surface area contributed by atoms with Gasteiger partial charge in [-0.3, -0.25) is 28.3 Å². The average Bonchev–Trinajstić information content (AvgIpc) is 3.32. The van der Waals surface area contributed by atoms with E-state index in [4.69, 9.17) is 0 Å². The van der Waals surface area contributed by atoms with Crippen LogP contribution < -0.4 is 5.56 Å². The summed E-state index contributed by atoms with van der Waals surface area (Å²) in [5.74, 6) is 0.309. The van der Waals surface area contributed by atoms with Crippen LogP contribution >= 0.6 is 11.8 Å². The molecule has 0 fully saturated rings. The molecule has 0 atom stereocenters. The molecule has 9 heteroatoms. The first kappa shape index (κ1) is 19.3. The van der Waals surface area contributed by atoms with Gasteiger partial charge in [-0.25, -0.2) is 0 Å². The van der Waals surface area contributed by atoms with Crippen LogP contribution in [0, 0.1) is 0 Å². The minimum atomic E-state index is -0.280. The maximum Gasteiger partial charge on any atom is 0.263 e. The maximum absolute atomic E-state index is 12.9. The summed E-state index contributed by atoms with van der Waals surface area (Å²) in [6, 6.07) is 14.1. The number of hydrogen-bond donors (Lipinski definition) is 0. The number of amides is 2. The Hall–Kier alpha value is -3.72. The van der Waals surface area contributed by atoms with E-state index in [-0.39, 0.29) is 23.9 Å². The van der Waals surface area contributed by atoms with E-state index in [1.807, 2.05) is 22.6 Å². The Balaban J connectivity index is 1.46. The van der Waals surface area contributed by atoms with E-state index in [0.29, 0.717) is 45.3 Å². The van der Waals surface area contributed by atoms with Crippen LogP contribution in [0.1, 0.15) is 20.7 Å². The number of benzene rings is 2. The standard InChI is InChI=1S/C22H17N5O3S/c1-2-11-26-20(30)16-9-5-6-10-17(16)27-21(26)23-24-22(27)31-13-12-25-18(28)14-7-3-4-8-15(14)19(25)29/h2-10H,1,11-13H2. The van der Waals surface area contributed by atoms with E-state index in [2.05, 4.69) is 16.8 Å². The summed E-state index contributed by atoms with van der Waals surface area (Å²) in [7, 11) is 0. The minimum absolute atomic E-state index is 0.155. The molecular weight excluding hydrogens is 414 g/mol. The molecule has 2 amide bonds. The van der Waals surface area contributed by atoms with Crippen LogP contribution in [0.25, 0.3) is 16.7 Å². The molecule has 2 aromatic heterocycles. The molecule has 8 nitrogen and oxygen atoms in total. The molecule has 1 aliphatic heterocycles. The van der Waals surface area contributed by atoms with Crippen LogP contribution in [0.5, 0.6) is 0 Å². The molecule has 0 saturated heterocycles. The molecule has 31 heavy (non-hydrogen) atoms. The van der Waals surface area contributed by atoms with E-state index >= 15 is 0 Å². The average molecular weight is 431 g/mol. The highest BCUT2D eigenvalue weighted by atomic mass is 32.2. The Morgan fingerprint density at radius 3 is 2.32 bits per heavy atom. The first-order valence-corrected chi connectivity index (χ1v) is 10.7. The van der Waals surface area contributed by atoms with Crippen molar-refractivity contribution in [3.05, 3.63) is 82.7 Å². The number of aromatic nitrogens is 4. The Labute approximate surface area is 180 Å². The largest absolute Gasteiger partial charge is 0.273 e. The zero-order chi connectivity index (χ0) is 21.5. The molecule has 3 heterocycles. The van der Waals surface area contributed by atoms with Crippen molar-refractivity contribution in [2.45, 2.75) is 11.7 Å². The number of carbonyl (C=O) groups is 2. The molecule has 0 N–H and O–H groups in total. The lowest BCUT2D eigenvalue weighted by Crippen LogP contribution is -2.31. The maximum atomic E-state index is 12.9. The van der Waals surface area contributed by atoms with Gasteiger partial charge in [0.15, 0.2) is 5.16 Å². The van der Waals surface area contributed by atoms with E-state index in [0.717, 1.165) is 0 Å². The van der Waals surface area contributed by atoms with Gasteiger partial charge in [0, 0.05) is 18.8 Å². The fourth-order valence-electron chi connectivity index (χ4n) is 3.79. The molecular formula is C22H17N5O3S. The summed E-state index contributed by atoms with van der Waals surface area (Å²) in [5.41, 5.74) is 1.42. The smallest absolute Gasteiger partial charge is 0.263 e. The van der Waals surface area contributed by atoms with Crippen molar-refractivity contribution in [3.8, 4) is 0 Å². The summed E-state index contributed by atoms with van der Waals surface area (Å²) >= 11 is 1.38. The van der Waals surface area contributed by atoms with Crippen LogP contribution in [-0.4, -0.2) is 48.2 Å². The van der Waals surface area contributed by atoms with Crippen molar-refractivity contribution in [3.63, 3.8) is 0 Å². The van der Waals surface area contributed by atoms with Gasteiger partial charge in [-0.15, -0.1) is 16.8 Å². The second-order valence-corrected chi connectivity index (χ2v) is 8.06. The van der Waals surface area contributed by atoms with Gasteiger partial charge in [0.1, 0.15) is 0 Å². The third kappa shape index (κ3) is 2.97. The molecule has 0 spiro atoms. The lowest BCUT2D eigenvalue weighted by Gasteiger charge is -2.13. The van der Waals surface area contributed by atoms with Crippen molar-refractivity contribution in [1.82, 2.24) is 24.1 Å². The molecule has 0 aliphatic carbocycles. The third-order valence-electron chi connectivity index (χ3n) is 5.21. The number of thioether (sulfide) groups is 1. The molecule has 4 aromatic rings. The zero-order valence-electron chi connectivity index (χ0n) is 16.4. The highest BCUT2D eigenvalue weighted by Gasteiger charge is 2.34. The topological polar surface area (TPSA) is 89.6 Å². The fourth-order valence-corrected chi connectivity index (χ4v) is 4.66. The van der Waals surface area contributed by atoms with E-state index in [1.165, 1.54) is 21.2 Å². The van der Waals surface area contributed by atoms with Crippen molar-refractivity contribution < 1.29 is 9.59 Å². The predicted octanol–water partition coefficient (Wildman–Crippen LogP) is 2.62. The van der Waals surface area contributed by atoms with E-state index in [9.17, 15) is 14.4 Å². The normalized spacial score (nSPS) is 13.4. The quantitative estimate of drug-likeness (QED) is 0.265. The first-order valence-electron chi connectivity index (χ1n) is 9.67. The van der Waals surface area contributed by atoms with Crippen molar-refractivity contribution in [2.75, 3.05) is 12.3 Å². The van der Waals surface area contributed by atoms with Crippen molar-refractivity contribution in [1.29, 1.82) is 0 Å². The summed E-state index contributed by atoms with van der Waals surface area (Å²) in [6.07, 6.45) is 1.64. The highest BCUT2D eigenvalue weighted by Crippen LogP contribution is 2.25. The first-order chi connectivity index (χ1) is 15.1. The van der Waals surface area contributed by atoms with Crippen molar-refractivity contribution in [2.24, 2.45) is 0 Å². The third-order valence-corrected chi connectivity index (χ3v) is 6.12. The summed E-state index contributed by atoms with van der Waals surface area (Å²) in [4.78, 5) is 39.2. The lowest BCUT2D eigenvalue weighted by atomic mass is 10.1. The SMILES string of the molecule is C=CCn1c(=O)c2ccccc2n2c(SCCN3C(=O)c4ccccc4C3=O)nnc12. The molecule has 5 rings (SSSR count). The summed E-state index contributed by atoms with van der Waals surface area (Å²) in [5, 5.41) is 9.62. The Kier molecular flexibility index (Phi) is 4.67. The number of allylic oxidation sites excluding steroid dienone is 1. The number of para-hydroxylation sites is 1. The van der Waals surface area contributed by atoms with Crippen LogP contribution in [0.15, 0.2) is 71.1 Å². The molecule has 0 unspecified atom stereocenters. The van der Waals surface area contributed by atoms with Gasteiger partial charge in [0.2, 0.25) is 5.78 Å². The zero-order valence-corrected chi connectivity index (χ0v) is 17.2. The second kappa shape index (κ2) is 7.51. The Bertz CT molecular complexity index is 1400. The highest BCUT2D eigenvalue weighted by molar-refractivity contribution is 7.99.